The van der Waals surface area contributed by atoms with E-state index in [0.29, 0.717) is 0 Å². The first-order valence-corrected chi connectivity index (χ1v) is 9.09. The fraction of sp³-hybridized carbons (Fsp3) is 0.500. The van der Waals surface area contributed by atoms with Crippen LogP contribution in [-0.2, 0) is 0 Å². The van der Waals surface area contributed by atoms with Crippen molar-refractivity contribution in [1.29, 1.82) is 0 Å². The van der Waals surface area contributed by atoms with Gasteiger partial charge in [-0.3, -0.25) is 0 Å². The van der Waals surface area contributed by atoms with Crippen molar-refractivity contribution in [3.8, 4) is 0 Å². The molecule has 2 heterocycles. The second-order valence-corrected chi connectivity index (χ2v) is 8.41. The summed E-state index contributed by atoms with van der Waals surface area (Å²) in [7, 11) is 0. The first-order chi connectivity index (χ1) is 12.3. The standard InChI is InChI=1S/C20H21F2N3O/c1-10-3-13(11(2)23)17-14(4-10)16-18(26-17)15(7-24-25-16)12-5-19(6-12)8-20(21,22)9-19/h3-4,7,11-12H,5-6,8-9,23H2,1-2H3. The van der Waals surface area contributed by atoms with Gasteiger partial charge in [0.05, 0.1) is 6.20 Å². The summed E-state index contributed by atoms with van der Waals surface area (Å²) in [6, 6.07) is 3.93. The summed E-state index contributed by atoms with van der Waals surface area (Å²) in [5.74, 6) is -2.26. The Labute approximate surface area is 149 Å². The highest BCUT2D eigenvalue weighted by molar-refractivity contribution is 6.04. The van der Waals surface area contributed by atoms with Crippen LogP contribution in [0.25, 0.3) is 22.1 Å². The maximum absolute atomic E-state index is 13.3. The summed E-state index contributed by atoms with van der Waals surface area (Å²) in [4.78, 5) is 0. The van der Waals surface area contributed by atoms with Gasteiger partial charge in [0, 0.05) is 35.4 Å². The first-order valence-electron chi connectivity index (χ1n) is 9.09. The Morgan fingerprint density at radius 2 is 1.96 bits per heavy atom. The number of nitrogens with zero attached hydrogens (tertiary/aromatic N) is 2. The van der Waals surface area contributed by atoms with E-state index in [0.717, 1.165) is 51.6 Å². The highest BCUT2D eigenvalue weighted by atomic mass is 19.3. The second-order valence-electron chi connectivity index (χ2n) is 8.41. The number of alkyl halides is 2. The van der Waals surface area contributed by atoms with E-state index in [-0.39, 0.29) is 30.2 Å². The van der Waals surface area contributed by atoms with Gasteiger partial charge in [0.2, 0.25) is 5.92 Å². The van der Waals surface area contributed by atoms with Gasteiger partial charge in [0.1, 0.15) is 11.1 Å². The second kappa shape index (κ2) is 5.00. The summed E-state index contributed by atoms with van der Waals surface area (Å²) in [5, 5.41) is 9.40. The minimum absolute atomic E-state index is 0.0202. The Bertz CT molecular complexity index is 1020. The number of nitrogens with two attached hydrogens (primary N) is 1. The zero-order chi connectivity index (χ0) is 18.3. The lowest BCUT2D eigenvalue weighted by Gasteiger charge is -2.57. The number of benzene rings is 1. The molecule has 6 heteroatoms. The van der Waals surface area contributed by atoms with E-state index in [4.69, 9.17) is 10.2 Å². The molecule has 1 unspecified atom stereocenters. The van der Waals surface area contributed by atoms with Crippen molar-refractivity contribution in [2.75, 3.05) is 0 Å². The Morgan fingerprint density at radius 3 is 2.62 bits per heavy atom. The van der Waals surface area contributed by atoms with Crippen molar-refractivity contribution in [2.45, 2.75) is 57.4 Å². The van der Waals surface area contributed by atoms with Crippen LogP contribution in [0.4, 0.5) is 8.78 Å². The molecule has 0 radical (unpaired) electrons. The maximum atomic E-state index is 13.3. The number of furan rings is 1. The Kier molecular flexibility index (Phi) is 3.10. The summed E-state index contributed by atoms with van der Waals surface area (Å²) >= 11 is 0. The molecule has 4 nitrogen and oxygen atoms in total. The molecule has 2 aromatic heterocycles. The van der Waals surface area contributed by atoms with E-state index in [1.165, 1.54) is 0 Å². The lowest BCUT2D eigenvalue weighted by Crippen LogP contribution is -2.52. The number of hydrogen-bond acceptors (Lipinski definition) is 4. The molecule has 26 heavy (non-hydrogen) atoms. The fourth-order valence-electron chi connectivity index (χ4n) is 5.03. The normalized spacial score (nSPS) is 22.5. The highest BCUT2D eigenvalue weighted by Gasteiger charge is 2.62. The van der Waals surface area contributed by atoms with Crippen LogP contribution in [0.2, 0.25) is 0 Å². The fourth-order valence-corrected chi connectivity index (χ4v) is 5.03. The molecule has 0 aliphatic heterocycles. The lowest BCUT2D eigenvalue weighted by molar-refractivity contribution is -0.196. The van der Waals surface area contributed by atoms with Gasteiger partial charge in [0.15, 0.2) is 5.58 Å². The van der Waals surface area contributed by atoms with Crippen LogP contribution < -0.4 is 5.73 Å². The van der Waals surface area contributed by atoms with Crippen LogP contribution in [0, 0.1) is 12.3 Å². The van der Waals surface area contributed by atoms with Gasteiger partial charge in [-0.05, 0) is 49.7 Å². The smallest absolute Gasteiger partial charge is 0.249 e. The molecule has 0 bridgehead atoms. The molecule has 5 rings (SSSR count). The molecule has 0 amide bonds. The zero-order valence-electron chi connectivity index (χ0n) is 14.9. The molecular formula is C20H21F2N3O. The molecule has 2 fully saturated rings. The van der Waals surface area contributed by atoms with E-state index in [2.05, 4.69) is 10.2 Å². The highest BCUT2D eigenvalue weighted by Crippen LogP contribution is 2.67. The number of halogens is 2. The van der Waals surface area contributed by atoms with Gasteiger partial charge in [0.25, 0.3) is 0 Å². The molecular weight excluding hydrogens is 336 g/mol. The van der Waals surface area contributed by atoms with Gasteiger partial charge >= 0.3 is 0 Å². The number of fused-ring (bicyclic) bond motifs is 3. The average molecular weight is 357 g/mol. The summed E-state index contributed by atoms with van der Waals surface area (Å²) in [6.45, 7) is 3.95. The van der Waals surface area contributed by atoms with Gasteiger partial charge < -0.3 is 10.2 Å². The lowest BCUT2D eigenvalue weighted by atomic mass is 9.49. The molecule has 2 aliphatic carbocycles. The molecule has 0 saturated heterocycles. The average Bonchev–Trinajstić information content (AvgIpc) is 2.87. The minimum atomic E-state index is -2.47. The van der Waals surface area contributed by atoms with Crippen LogP contribution in [0.1, 0.15) is 61.3 Å². The Morgan fingerprint density at radius 1 is 1.23 bits per heavy atom. The van der Waals surface area contributed by atoms with Gasteiger partial charge in [-0.2, -0.15) is 5.10 Å². The van der Waals surface area contributed by atoms with Crippen molar-refractivity contribution >= 4 is 22.1 Å². The molecule has 2 N–H and O–H groups in total. The van der Waals surface area contributed by atoms with Gasteiger partial charge in [-0.1, -0.05) is 6.07 Å². The largest absolute Gasteiger partial charge is 0.454 e. The van der Waals surface area contributed by atoms with Crippen molar-refractivity contribution in [1.82, 2.24) is 10.2 Å². The van der Waals surface area contributed by atoms with E-state index < -0.39 is 5.92 Å². The van der Waals surface area contributed by atoms with Crippen LogP contribution in [0.3, 0.4) is 0 Å². The monoisotopic (exact) mass is 357 g/mol. The maximum Gasteiger partial charge on any atom is 0.249 e. The molecule has 1 aromatic carbocycles. The molecule has 2 saturated carbocycles. The van der Waals surface area contributed by atoms with Gasteiger partial charge in [-0.15, -0.1) is 5.10 Å². The summed E-state index contributed by atoms with van der Waals surface area (Å²) in [6.07, 6.45) is 3.33. The van der Waals surface area contributed by atoms with E-state index in [1.54, 1.807) is 6.20 Å². The van der Waals surface area contributed by atoms with Crippen LogP contribution in [0.15, 0.2) is 22.7 Å². The quantitative estimate of drug-likeness (QED) is 0.701. The molecule has 2 aliphatic rings. The number of aryl methyl sites for hydroxylation is 1. The minimum Gasteiger partial charge on any atom is -0.454 e. The third kappa shape index (κ3) is 2.21. The van der Waals surface area contributed by atoms with Crippen molar-refractivity contribution in [3.05, 3.63) is 35.0 Å². The zero-order valence-corrected chi connectivity index (χ0v) is 14.9. The van der Waals surface area contributed by atoms with Gasteiger partial charge in [-0.25, -0.2) is 8.78 Å². The van der Waals surface area contributed by atoms with Crippen LogP contribution >= 0.6 is 0 Å². The van der Waals surface area contributed by atoms with E-state index in [9.17, 15) is 8.78 Å². The number of aromatic nitrogens is 2. The van der Waals surface area contributed by atoms with E-state index >= 15 is 0 Å². The van der Waals surface area contributed by atoms with Crippen molar-refractivity contribution in [3.63, 3.8) is 0 Å². The number of rotatable bonds is 2. The predicted molar refractivity (Wildman–Crippen MR) is 95.2 cm³/mol. The number of hydrogen-bond donors (Lipinski definition) is 1. The third-order valence-corrected chi connectivity index (χ3v) is 6.11. The third-order valence-electron chi connectivity index (χ3n) is 6.11. The Balaban J connectivity index is 1.59. The molecule has 136 valence electrons. The molecule has 1 atom stereocenters. The van der Waals surface area contributed by atoms with Crippen molar-refractivity contribution in [2.24, 2.45) is 11.1 Å². The van der Waals surface area contributed by atoms with E-state index in [1.807, 2.05) is 26.0 Å². The summed E-state index contributed by atoms with van der Waals surface area (Å²) < 4.78 is 32.8. The molecule has 3 aromatic rings. The van der Waals surface area contributed by atoms with Crippen LogP contribution in [0.5, 0.6) is 0 Å². The van der Waals surface area contributed by atoms with Crippen LogP contribution in [-0.4, -0.2) is 16.1 Å². The first kappa shape index (κ1) is 16.1. The Hall–Kier alpha value is -2.08. The topological polar surface area (TPSA) is 64.9 Å². The molecule has 1 spiro atoms. The predicted octanol–water partition coefficient (Wildman–Crippen LogP) is 5.00. The summed E-state index contributed by atoms with van der Waals surface area (Å²) in [5.41, 5.74) is 11.2. The SMILES string of the molecule is Cc1cc(C(C)N)c2oc3c(C4CC5(C4)CC(F)(F)C5)cnnc3c2c1. The van der Waals surface area contributed by atoms with Crippen molar-refractivity contribution < 1.29 is 13.2 Å².